The maximum absolute atomic E-state index is 5.59. The molecule has 28 heavy (non-hydrogen) atoms. The van der Waals surface area contributed by atoms with Crippen molar-refractivity contribution in [3.63, 3.8) is 0 Å². The summed E-state index contributed by atoms with van der Waals surface area (Å²) >= 11 is 0. The van der Waals surface area contributed by atoms with Crippen molar-refractivity contribution in [2.75, 3.05) is 25.5 Å². The number of nitrogens with one attached hydrogen (secondary N) is 1. The van der Waals surface area contributed by atoms with Gasteiger partial charge in [0.15, 0.2) is 0 Å². The van der Waals surface area contributed by atoms with Crippen LogP contribution in [0.5, 0.6) is 0 Å². The lowest BCUT2D eigenvalue weighted by molar-refractivity contribution is 0.120. The number of ether oxygens (including phenoxy) is 1. The molecule has 8 heteroatoms. The number of hydrogen-bond acceptors (Lipinski definition) is 8. The Bertz CT molecular complexity index is 862. The van der Waals surface area contributed by atoms with Crippen LogP contribution in [0.1, 0.15) is 24.3 Å². The molecule has 1 atom stereocenters. The third-order valence-electron chi connectivity index (χ3n) is 4.57. The van der Waals surface area contributed by atoms with Gasteiger partial charge < -0.3 is 14.6 Å². The fourth-order valence-corrected chi connectivity index (χ4v) is 3.16. The van der Waals surface area contributed by atoms with E-state index in [0.717, 1.165) is 37.1 Å². The molecule has 3 aromatic rings. The molecule has 1 aliphatic heterocycles. The predicted octanol–water partition coefficient (Wildman–Crippen LogP) is 2.75. The van der Waals surface area contributed by atoms with Gasteiger partial charge >= 0.3 is 0 Å². The van der Waals surface area contributed by atoms with Crippen LogP contribution in [0.15, 0.2) is 47.2 Å². The van der Waals surface area contributed by atoms with Gasteiger partial charge in [0.1, 0.15) is 0 Å². The normalized spacial score (nSPS) is 16.6. The summed E-state index contributed by atoms with van der Waals surface area (Å²) in [6.45, 7) is 2.85. The van der Waals surface area contributed by atoms with Gasteiger partial charge in [-0.05, 0) is 19.9 Å². The second-order valence-corrected chi connectivity index (χ2v) is 6.98. The van der Waals surface area contributed by atoms with Crippen LogP contribution < -0.4 is 5.32 Å². The number of hydrogen-bond donors (Lipinski definition) is 1. The highest BCUT2D eigenvalue weighted by atomic mass is 16.5. The number of aromatic nitrogens is 4. The van der Waals surface area contributed by atoms with Gasteiger partial charge in [-0.3, -0.25) is 4.90 Å². The molecule has 0 amide bonds. The van der Waals surface area contributed by atoms with Crippen LogP contribution in [0.3, 0.4) is 0 Å². The molecular weight excluding hydrogens is 356 g/mol. The standard InChI is InChI=1S/C20H24N6O2/c1-26(14-18-24-19(25-28-18)16-6-3-2-4-7-16)13-15-10-21-20(22-11-15)23-12-17-8-5-9-27-17/h2-4,6-7,10-11,17H,5,8-9,12-14H2,1H3,(H,21,22,23)/t17-/m1/s1. The first-order valence-corrected chi connectivity index (χ1v) is 9.49. The molecule has 1 fully saturated rings. The first-order chi connectivity index (χ1) is 13.8. The van der Waals surface area contributed by atoms with Gasteiger partial charge in [0.05, 0.1) is 12.6 Å². The Morgan fingerprint density at radius 3 is 2.71 bits per heavy atom. The van der Waals surface area contributed by atoms with E-state index in [1.54, 1.807) is 0 Å². The molecule has 0 spiro atoms. The molecule has 1 aromatic carbocycles. The quantitative estimate of drug-likeness (QED) is 0.638. The molecule has 0 saturated carbocycles. The Morgan fingerprint density at radius 2 is 1.96 bits per heavy atom. The third-order valence-corrected chi connectivity index (χ3v) is 4.57. The highest BCUT2D eigenvalue weighted by Crippen LogP contribution is 2.16. The third kappa shape index (κ3) is 4.90. The van der Waals surface area contributed by atoms with Gasteiger partial charge in [0, 0.05) is 43.2 Å². The summed E-state index contributed by atoms with van der Waals surface area (Å²) in [6.07, 6.45) is 6.17. The minimum Gasteiger partial charge on any atom is -0.376 e. The summed E-state index contributed by atoms with van der Waals surface area (Å²) < 4.78 is 11.0. The Balaban J connectivity index is 1.27. The lowest BCUT2D eigenvalue weighted by atomic mass is 10.2. The highest BCUT2D eigenvalue weighted by Gasteiger charge is 2.15. The monoisotopic (exact) mass is 380 g/mol. The molecule has 146 valence electrons. The van der Waals surface area contributed by atoms with E-state index in [2.05, 4.69) is 30.3 Å². The summed E-state index contributed by atoms with van der Waals surface area (Å²) in [5.41, 5.74) is 1.97. The minimum absolute atomic E-state index is 0.268. The Morgan fingerprint density at radius 1 is 1.14 bits per heavy atom. The molecule has 0 bridgehead atoms. The zero-order chi connectivity index (χ0) is 19.2. The summed E-state index contributed by atoms with van der Waals surface area (Å²) in [4.78, 5) is 15.3. The average molecular weight is 380 g/mol. The van der Waals surface area contributed by atoms with Crippen LogP contribution in [-0.4, -0.2) is 51.3 Å². The number of rotatable bonds is 8. The van der Waals surface area contributed by atoms with Gasteiger partial charge in [-0.1, -0.05) is 35.5 Å². The molecule has 3 heterocycles. The van der Waals surface area contributed by atoms with E-state index in [1.165, 1.54) is 0 Å². The molecule has 0 radical (unpaired) electrons. The SMILES string of the molecule is CN(Cc1cnc(NC[C@H]2CCCO2)nc1)Cc1nc(-c2ccccc2)no1. The van der Waals surface area contributed by atoms with Crippen molar-refractivity contribution in [2.24, 2.45) is 0 Å². The number of anilines is 1. The molecule has 8 nitrogen and oxygen atoms in total. The minimum atomic E-state index is 0.268. The summed E-state index contributed by atoms with van der Waals surface area (Å²) in [7, 11) is 2.00. The molecule has 0 aliphatic carbocycles. The average Bonchev–Trinajstić information content (AvgIpc) is 3.40. The molecule has 0 unspecified atom stereocenters. The van der Waals surface area contributed by atoms with Crippen molar-refractivity contribution < 1.29 is 9.26 Å². The second-order valence-electron chi connectivity index (χ2n) is 6.98. The number of benzene rings is 1. The Hall–Kier alpha value is -2.84. The largest absolute Gasteiger partial charge is 0.376 e. The van der Waals surface area contributed by atoms with E-state index in [9.17, 15) is 0 Å². The summed E-state index contributed by atoms with van der Waals surface area (Å²) in [5, 5.41) is 7.29. The zero-order valence-electron chi connectivity index (χ0n) is 15.9. The lowest BCUT2D eigenvalue weighted by Crippen LogP contribution is -2.20. The van der Waals surface area contributed by atoms with Crippen molar-refractivity contribution >= 4 is 5.95 Å². The Labute approximate surface area is 164 Å². The molecule has 4 rings (SSSR count). The molecule has 1 saturated heterocycles. The van der Waals surface area contributed by atoms with E-state index < -0.39 is 0 Å². The fraction of sp³-hybridized carbons (Fsp3) is 0.400. The maximum atomic E-state index is 5.59. The number of nitrogens with zero attached hydrogens (tertiary/aromatic N) is 5. The van der Waals surface area contributed by atoms with E-state index in [4.69, 9.17) is 9.26 Å². The van der Waals surface area contributed by atoms with Crippen molar-refractivity contribution in [3.05, 3.63) is 54.2 Å². The van der Waals surface area contributed by atoms with Crippen LogP contribution in [0.2, 0.25) is 0 Å². The summed E-state index contributed by atoms with van der Waals surface area (Å²) in [6, 6.07) is 9.80. The van der Waals surface area contributed by atoms with Crippen LogP contribution in [0.25, 0.3) is 11.4 Å². The zero-order valence-corrected chi connectivity index (χ0v) is 15.9. The van der Waals surface area contributed by atoms with Crippen molar-refractivity contribution in [2.45, 2.75) is 32.0 Å². The van der Waals surface area contributed by atoms with E-state index in [-0.39, 0.29) is 6.10 Å². The Kier molecular flexibility index (Phi) is 5.89. The maximum Gasteiger partial charge on any atom is 0.241 e. The van der Waals surface area contributed by atoms with Gasteiger partial charge in [0.25, 0.3) is 0 Å². The van der Waals surface area contributed by atoms with Crippen LogP contribution in [0.4, 0.5) is 5.95 Å². The predicted molar refractivity (Wildman–Crippen MR) is 104 cm³/mol. The van der Waals surface area contributed by atoms with Crippen molar-refractivity contribution in [3.8, 4) is 11.4 Å². The first-order valence-electron chi connectivity index (χ1n) is 9.49. The van der Waals surface area contributed by atoms with Crippen molar-refractivity contribution in [1.82, 2.24) is 25.0 Å². The molecule has 1 N–H and O–H groups in total. The van der Waals surface area contributed by atoms with Gasteiger partial charge in [0.2, 0.25) is 17.7 Å². The fourth-order valence-electron chi connectivity index (χ4n) is 3.16. The summed E-state index contributed by atoms with van der Waals surface area (Å²) in [5.74, 6) is 1.82. The van der Waals surface area contributed by atoms with Crippen LogP contribution in [-0.2, 0) is 17.8 Å². The lowest BCUT2D eigenvalue weighted by Gasteiger charge is -2.14. The van der Waals surface area contributed by atoms with Gasteiger partial charge in [-0.25, -0.2) is 9.97 Å². The smallest absolute Gasteiger partial charge is 0.241 e. The van der Waals surface area contributed by atoms with Gasteiger partial charge in [-0.2, -0.15) is 4.98 Å². The molecule has 1 aliphatic rings. The van der Waals surface area contributed by atoms with Gasteiger partial charge in [-0.15, -0.1) is 0 Å². The molecule has 2 aromatic heterocycles. The first kappa shape index (κ1) is 18.5. The topological polar surface area (TPSA) is 89.2 Å². The van der Waals surface area contributed by atoms with E-state index in [0.29, 0.717) is 30.8 Å². The molecular formula is C20H24N6O2. The van der Waals surface area contributed by atoms with Crippen molar-refractivity contribution in [1.29, 1.82) is 0 Å². The van der Waals surface area contributed by atoms with E-state index in [1.807, 2.05) is 49.8 Å². The second kappa shape index (κ2) is 8.90. The highest BCUT2D eigenvalue weighted by molar-refractivity contribution is 5.53. The van der Waals surface area contributed by atoms with Crippen LogP contribution >= 0.6 is 0 Å². The van der Waals surface area contributed by atoms with E-state index >= 15 is 0 Å². The van der Waals surface area contributed by atoms with Crippen LogP contribution in [0, 0.1) is 0 Å².